The van der Waals surface area contributed by atoms with Crippen molar-refractivity contribution in [2.24, 2.45) is 11.3 Å². The van der Waals surface area contributed by atoms with Crippen LogP contribution < -0.4 is 4.72 Å². The number of cyclic esters (lactones) is 1. The Kier molecular flexibility index (Phi) is 4.62. The average molecular weight is 370 g/mol. The van der Waals surface area contributed by atoms with E-state index in [0.29, 0.717) is 25.1 Å². The van der Waals surface area contributed by atoms with E-state index in [2.05, 4.69) is 11.3 Å². The molecule has 0 amide bonds. The molecule has 2 atom stereocenters. The molecule has 1 heterocycles. The van der Waals surface area contributed by atoms with Crippen LogP contribution in [0.5, 0.6) is 0 Å². The van der Waals surface area contributed by atoms with Crippen molar-refractivity contribution >= 4 is 33.3 Å². The van der Waals surface area contributed by atoms with E-state index in [9.17, 15) is 13.2 Å². The lowest BCUT2D eigenvalue weighted by atomic mass is 9.75. The summed E-state index contributed by atoms with van der Waals surface area (Å²) in [5.74, 6) is -0.0318. The summed E-state index contributed by atoms with van der Waals surface area (Å²) >= 11 is 5.48. The first kappa shape index (κ1) is 17.3. The molecule has 1 saturated carbocycles. The van der Waals surface area contributed by atoms with Gasteiger partial charge in [-0.15, -0.1) is 11.6 Å². The molecule has 0 radical (unpaired) electrons. The summed E-state index contributed by atoms with van der Waals surface area (Å²) in [7, 11) is -3.42. The second kappa shape index (κ2) is 6.41. The first-order chi connectivity index (χ1) is 11.3. The van der Waals surface area contributed by atoms with Gasteiger partial charge in [0.25, 0.3) is 0 Å². The number of hydrogen-bond acceptors (Lipinski definition) is 4. The van der Waals surface area contributed by atoms with Crippen LogP contribution in [0.4, 0.5) is 5.69 Å². The van der Waals surface area contributed by atoms with Gasteiger partial charge in [-0.05, 0) is 37.0 Å². The topological polar surface area (TPSA) is 72.5 Å². The van der Waals surface area contributed by atoms with Crippen molar-refractivity contribution in [2.45, 2.75) is 19.3 Å². The number of carbonyl (C=O) groups excluding carboxylic acids is 1. The maximum absolute atomic E-state index is 12.3. The second-order valence-electron chi connectivity index (χ2n) is 6.57. The first-order valence-corrected chi connectivity index (χ1v) is 10.0. The van der Waals surface area contributed by atoms with Crippen LogP contribution >= 0.6 is 11.6 Å². The number of fused-ring (bicyclic) bond motifs is 1. The van der Waals surface area contributed by atoms with Gasteiger partial charge in [0.1, 0.15) is 0 Å². The van der Waals surface area contributed by atoms with E-state index < -0.39 is 15.4 Å². The fourth-order valence-electron chi connectivity index (χ4n) is 3.65. The predicted molar refractivity (Wildman–Crippen MR) is 93.5 cm³/mol. The summed E-state index contributed by atoms with van der Waals surface area (Å²) < 4.78 is 31.2. The van der Waals surface area contributed by atoms with Gasteiger partial charge >= 0.3 is 5.97 Å². The number of esters is 1. The molecule has 0 aromatic heterocycles. The maximum Gasteiger partial charge on any atom is 0.313 e. The zero-order valence-corrected chi connectivity index (χ0v) is 14.8. The molecule has 1 saturated heterocycles. The van der Waals surface area contributed by atoms with Crippen molar-refractivity contribution in [2.75, 3.05) is 23.0 Å². The Hall–Kier alpha value is -1.53. The normalized spacial score (nSPS) is 26.3. The number of ether oxygens (including phenoxy) is 1. The third-order valence-electron chi connectivity index (χ3n) is 4.80. The van der Waals surface area contributed by atoms with Gasteiger partial charge < -0.3 is 4.74 Å². The lowest BCUT2D eigenvalue weighted by Crippen LogP contribution is -2.31. The van der Waals surface area contributed by atoms with Crippen LogP contribution in [0.2, 0.25) is 0 Å². The minimum absolute atomic E-state index is 0.0450. The van der Waals surface area contributed by atoms with Gasteiger partial charge in [-0.1, -0.05) is 24.3 Å². The van der Waals surface area contributed by atoms with Crippen molar-refractivity contribution in [3.05, 3.63) is 42.0 Å². The number of carbonyl (C=O) groups is 1. The Balaban J connectivity index is 1.75. The molecule has 1 aliphatic heterocycles. The molecule has 7 heteroatoms. The van der Waals surface area contributed by atoms with Crippen molar-refractivity contribution in [3.8, 4) is 0 Å². The van der Waals surface area contributed by atoms with E-state index in [4.69, 9.17) is 16.3 Å². The van der Waals surface area contributed by atoms with E-state index >= 15 is 0 Å². The molecule has 1 aliphatic carbocycles. The summed E-state index contributed by atoms with van der Waals surface area (Å²) in [5, 5.41) is 0. The number of hydrogen-bond donors (Lipinski definition) is 1. The van der Waals surface area contributed by atoms with Crippen LogP contribution in [-0.2, 0) is 26.0 Å². The van der Waals surface area contributed by atoms with Crippen LogP contribution in [0.1, 0.15) is 18.4 Å². The Bertz CT molecular complexity index is 759. The Morgan fingerprint density at radius 2 is 2.04 bits per heavy atom. The van der Waals surface area contributed by atoms with E-state index in [-0.39, 0.29) is 23.5 Å². The molecule has 2 fully saturated rings. The van der Waals surface area contributed by atoms with Crippen LogP contribution in [0.15, 0.2) is 36.4 Å². The zero-order chi connectivity index (χ0) is 17.4. The van der Waals surface area contributed by atoms with Gasteiger partial charge in [0.15, 0.2) is 0 Å². The highest BCUT2D eigenvalue weighted by molar-refractivity contribution is 7.92. The van der Waals surface area contributed by atoms with Crippen LogP contribution in [0.25, 0.3) is 0 Å². The third-order valence-corrected chi connectivity index (χ3v) is 6.50. The van der Waals surface area contributed by atoms with Crippen LogP contribution in [0, 0.1) is 11.3 Å². The zero-order valence-electron chi connectivity index (χ0n) is 13.3. The first-order valence-electron chi connectivity index (χ1n) is 7.84. The summed E-state index contributed by atoms with van der Waals surface area (Å²) in [5.41, 5.74) is 2.06. The fraction of sp³-hybridized carbons (Fsp3) is 0.471. The minimum atomic E-state index is -3.42. The van der Waals surface area contributed by atoms with Crippen LogP contribution in [-0.4, -0.2) is 32.6 Å². The summed E-state index contributed by atoms with van der Waals surface area (Å²) in [6, 6.07) is 7.10. The number of allylic oxidation sites excluding steroid dienone is 1. The molecule has 1 N–H and O–H groups in total. The average Bonchev–Trinajstić information content (AvgIpc) is 2.96. The van der Waals surface area contributed by atoms with Crippen LogP contribution in [0.3, 0.4) is 0 Å². The SMILES string of the molecule is C=C1CC2COC(=O)C2(Cc2ccc(NS(=O)(=O)CCCl)cc2)C1. The van der Waals surface area contributed by atoms with E-state index in [1.165, 1.54) is 0 Å². The van der Waals surface area contributed by atoms with Crippen molar-refractivity contribution in [1.82, 2.24) is 0 Å². The highest BCUT2D eigenvalue weighted by atomic mass is 35.5. The smallest absolute Gasteiger partial charge is 0.313 e. The van der Waals surface area contributed by atoms with Gasteiger partial charge in [-0.3, -0.25) is 9.52 Å². The molecular formula is C17H20ClNO4S. The number of benzene rings is 1. The molecule has 1 aromatic rings. The maximum atomic E-state index is 12.3. The predicted octanol–water partition coefficient (Wildman–Crippen LogP) is 2.72. The molecule has 130 valence electrons. The van der Waals surface area contributed by atoms with Crippen molar-refractivity contribution in [3.63, 3.8) is 0 Å². The summed E-state index contributed by atoms with van der Waals surface area (Å²) in [6.07, 6.45) is 2.09. The number of nitrogens with one attached hydrogen (secondary N) is 1. The second-order valence-corrected chi connectivity index (χ2v) is 8.79. The molecule has 1 aromatic carbocycles. The molecule has 3 rings (SSSR count). The molecule has 24 heavy (non-hydrogen) atoms. The Labute approximate surface area is 147 Å². The molecule has 2 aliphatic rings. The number of anilines is 1. The molecule has 5 nitrogen and oxygen atoms in total. The standard InChI is InChI=1S/C17H20ClNO4S/c1-12-8-14-11-23-16(20)17(14,9-12)10-13-2-4-15(5-3-13)19-24(21,22)7-6-18/h2-5,14,19H,1,6-11H2. The van der Waals surface area contributed by atoms with Gasteiger partial charge in [0, 0.05) is 17.5 Å². The lowest BCUT2D eigenvalue weighted by molar-refractivity contribution is -0.146. The highest BCUT2D eigenvalue weighted by Gasteiger charge is 2.55. The molecular weight excluding hydrogens is 350 g/mol. The Morgan fingerprint density at radius 1 is 1.33 bits per heavy atom. The van der Waals surface area contributed by atoms with Crippen molar-refractivity contribution in [1.29, 1.82) is 0 Å². The number of sulfonamides is 1. The van der Waals surface area contributed by atoms with Gasteiger partial charge in [0.05, 0.1) is 17.8 Å². The van der Waals surface area contributed by atoms with Gasteiger partial charge in [-0.2, -0.15) is 0 Å². The van der Waals surface area contributed by atoms with E-state index in [1.807, 2.05) is 12.1 Å². The summed E-state index contributed by atoms with van der Waals surface area (Å²) in [6.45, 7) is 4.50. The number of rotatable bonds is 6. The fourth-order valence-corrected chi connectivity index (χ4v) is 5.06. The quantitative estimate of drug-likeness (QED) is 0.475. The minimum Gasteiger partial charge on any atom is -0.465 e. The number of halogens is 1. The van der Waals surface area contributed by atoms with Crippen molar-refractivity contribution < 1.29 is 17.9 Å². The van der Waals surface area contributed by atoms with E-state index in [1.54, 1.807) is 12.1 Å². The summed E-state index contributed by atoms with van der Waals surface area (Å²) in [4.78, 5) is 12.3. The molecule has 2 unspecified atom stereocenters. The molecule has 0 bridgehead atoms. The Morgan fingerprint density at radius 3 is 2.71 bits per heavy atom. The molecule has 0 spiro atoms. The highest BCUT2D eigenvalue weighted by Crippen LogP contribution is 2.52. The monoisotopic (exact) mass is 369 g/mol. The third kappa shape index (κ3) is 3.30. The number of alkyl halides is 1. The van der Waals surface area contributed by atoms with E-state index in [0.717, 1.165) is 17.6 Å². The van der Waals surface area contributed by atoms with Gasteiger partial charge in [0.2, 0.25) is 10.0 Å². The van der Waals surface area contributed by atoms with Gasteiger partial charge in [-0.25, -0.2) is 8.42 Å². The lowest BCUT2D eigenvalue weighted by Gasteiger charge is -2.24. The largest absolute Gasteiger partial charge is 0.465 e.